The van der Waals surface area contributed by atoms with Crippen LogP contribution in [0.4, 0.5) is 0 Å². The third kappa shape index (κ3) is 11.5. The molecule has 1 saturated heterocycles. The largest absolute Gasteiger partial charge is 0.463 e. The first-order valence-electron chi connectivity index (χ1n) is 12.0. The number of esters is 2. The van der Waals surface area contributed by atoms with E-state index < -0.39 is 60.8 Å². The number of hydrogen-bond donors (Lipinski definition) is 0. The van der Waals surface area contributed by atoms with Crippen LogP contribution in [-0.2, 0) is 61.7 Å². The van der Waals surface area contributed by atoms with Crippen molar-refractivity contribution < 1.29 is 61.7 Å². The first kappa shape index (κ1) is 33.6. The second-order valence-electron chi connectivity index (χ2n) is 8.44. The summed E-state index contributed by atoms with van der Waals surface area (Å²) in [6.07, 6.45) is -4.30. The van der Waals surface area contributed by atoms with Crippen molar-refractivity contribution in [3.8, 4) is 0 Å². The van der Waals surface area contributed by atoms with Gasteiger partial charge in [-0.05, 0) is 0 Å². The summed E-state index contributed by atoms with van der Waals surface area (Å²) in [5, 5.41) is 0. The molecule has 1 aliphatic rings. The zero-order valence-electron chi connectivity index (χ0n) is 23.2. The van der Waals surface area contributed by atoms with Crippen LogP contribution in [0.25, 0.3) is 0 Å². The van der Waals surface area contributed by atoms with Crippen molar-refractivity contribution in [3.05, 3.63) is 0 Å². The molecule has 0 bridgehead atoms. The molecule has 8 atom stereocenters. The molecule has 1 fully saturated rings. The predicted molar refractivity (Wildman–Crippen MR) is 128 cm³/mol. The summed E-state index contributed by atoms with van der Waals surface area (Å²) < 4.78 is 61.4. The summed E-state index contributed by atoms with van der Waals surface area (Å²) >= 11 is 0. The number of ether oxygens (including phenoxy) is 11. The molecule has 0 aromatic heterocycles. The van der Waals surface area contributed by atoms with E-state index in [0.29, 0.717) is 0 Å². The molecule has 0 radical (unpaired) electrons. The van der Waals surface area contributed by atoms with Gasteiger partial charge in [0.05, 0.1) is 26.4 Å². The Morgan fingerprint density at radius 1 is 0.676 bits per heavy atom. The highest BCUT2D eigenvalue weighted by atomic mass is 16.6. The molecule has 0 spiro atoms. The number of methoxy groups -OCH3 is 6. The first-order valence-corrected chi connectivity index (χ1v) is 12.0. The molecule has 13 nitrogen and oxygen atoms in total. The molecule has 0 aromatic rings. The standard InChI is InChI=1S/C24H44O13/c1-15(25)34-13-19(18(29-5)11-28-4)36-17(9-27-3)10-33-12-20-22(30-6)24(32-8)23(31-7)21(37-20)14-35-16(2)26/h17-24H,9-14H2,1-8H3. The van der Waals surface area contributed by atoms with Crippen molar-refractivity contribution in [2.45, 2.75) is 62.7 Å². The van der Waals surface area contributed by atoms with Crippen LogP contribution >= 0.6 is 0 Å². The van der Waals surface area contributed by atoms with Gasteiger partial charge in [0, 0.05) is 56.5 Å². The molecule has 37 heavy (non-hydrogen) atoms. The Kier molecular flexibility index (Phi) is 17.0. The summed E-state index contributed by atoms with van der Waals surface area (Å²) in [4.78, 5) is 22.7. The average molecular weight is 541 g/mol. The van der Waals surface area contributed by atoms with Crippen LogP contribution in [0, 0.1) is 0 Å². The van der Waals surface area contributed by atoms with Gasteiger partial charge >= 0.3 is 11.9 Å². The minimum Gasteiger partial charge on any atom is -0.463 e. The van der Waals surface area contributed by atoms with Gasteiger partial charge in [-0.1, -0.05) is 0 Å². The van der Waals surface area contributed by atoms with Crippen LogP contribution in [0.1, 0.15) is 13.8 Å². The Morgan fingerprint density at radius 3 is 1.73 bits per heavy atom. The summed E-state index contributed by atoms with van der Waals surface area (Å²) in [5.41, 5.74) is 0. The van der Waals surface area contributed by atoms with Crippen LogP contribution < -0.4 is 0 Å². The molecule has 1 aliphatic heterocycles. The lowest BCUT2D eigenvalue weighted by Crippen LogP contribution is -2.61. The van der Waals surface area contributed by atoms with Gasteiger partial charge < -0.3 is 52.1 Å². The summed E-state index contributed by atoms with van der Waals surface area (Å²) in [6.45, 7) is 3.30. The molecule has 0 amide bonds. The van der Waals surface area contributed by atoms with E-state index in [4.69, 9.17) is 52.1 Å². The molecule has 13 heteroatoms. The molecule has 218 valence electrons. The number of hydrogen-bond acceptors (Lipinski definition) is 13. The normalized spacial score (nSPS) is 26.3. The maximum Gasteiger partial charge on any atom is 0.302 e. The lowest BCUT2D eigenvalue weighted by Gasteiger charge is -2.44. The number of rotatable bonds is 19. The molecule has 1 rings (SSSR count). The first-order chi connectivity index (χ1) is 17.8. The maximum atomic E-state index is 11.4. The van der Waals surface area contributed by atoms with E-state index in [0.717, 1.165) is 0 Å². The minimum atomic E-state index is -0.622. The van der Waals surface area contributed by atoms with Gasteiger partial charge in [-0.3, -0.25) is 9.59 Å². The molecular formula is C24H44O13. The van der Waals surface area contributed by atoms with Gasteiger partial charge in [0.2, 0.25) is 0 Å². The van der Waals surface area contributed by atoms with Gasteiger partial charge in [-0.25, -0.2) is 0 Å². The average Bonchev–Trinajstić information content (AvgIpc) is 2.87. The van der Waals surface area contributed by atoms with Gasteiger partial charge in [0.1, 0.15) is 62.0 Å². The highest BCUT2D eigenvalue weighted by Gasteiger charge is 2.47. The van der Waals surface area contributed by atoms with E-state index >= 15 is 0 Å². The van der Waals surface area contributed by atoms with Crippen molar-refractivity contribution >= 4 is 11.9 Å². The Bertz CT molecular complexity index is 634. The van der Waals surface area contributed by atoms with Gasteiger partial charge in [0.25, 0.3) is 0 Å². The van der Waals surface area contributed by atoms with Gasteiger partial charge in [0.15, 0.2) is 0 Å². The van der Waals surface area contributed by atoms with Crippen LogP contribution in [0.2, 0.25) is 0 Å². The van der Waals surface area contributed by atoms with E-state index in [-0.39, 0.29) is 39.6 Å². The molecule has 0 N–H and O–H groups in total. The third-order valence-corrected chi connectivity index (χ3v) is 5.80. The number of carbonyl (C=O) groups excluding carboxylic acids is 2. The van der Waals surface area contributed by atoms with E-state index in [1.165, 1.54) is 35.2 Å². The summed E-state index contributed by atoms with van der Waals surface area (Å²) in [7, 11) is 9.22. The quantitative estimate of drug-likeness (QED) is 0.204. The van der Waals surface area contributed by atoms with Crippen molar-refractivity contribution in [2.24, 2.45) is 0 Å². The van der Waals surface area contributed by atoms with E-state index in [1.54, 1.807) is 21.3 Å². The highest BCUT2D eigenvalue weighted by Crippen LogP contribution is 2.28. The topological polar surface area (TPSA) is 136 Å². The minimum absolute atomic E-state index is 0.00816. The van der Waals surface area contributed by atoms with Gasteiger partial charge in [-0.15, -0.1) is 0 Å². The zero-order valence-corrected chi connectivity index (χ0v) is 23.2. The van der Waals surface area contributed by atoms with E-state index in [2.05, 4.69) is 0 Å². The highest BCUT2D eigenvalue weighted by molar-refractivity contribution is 5.66. The zero-order chi connectivity index (χ0) is 27.8. The van der Waals surface area contributed by atoms with Crippen LogP contribution in [0.15, 0.2) is 0 Å². The monoisotopic (exact) mass is 540 g/mol. The van der Waals surface area contributed by atoms with Crippen molar-refractivity contribution in [2.75, 3.05) is 82.3 Å². The van der Waals surface area contributed by atoms with Crippen molar-refractivity contribution in [3.63, 3.8) is 0 Å². The van der Waals surface area contributed by atoms with E-state index in [9.17, 15) is 9.59 Å². The van der Waals surface area contributed by atoms with Crippen molar-refractivity contribution in [1.82, 2.24) is 0 Å². The lowest BCUT2D eigenvalue weighted by atomic mass is 9.94. The Balaban J connectivity index is 2.89. The van der Waals surface area contributed by atoms with Crippen LogP contribution in [0.5, 0.6) is 0 Å². The second-order valence-corrected chi connectivity index (χ2v) is 8.44. The number of carbonyl (C=O) groups is 2. The van der Waals surface area contributed by atoms with Crippen LogP contribution in [-0.4, -0.2) is 143 Å². The lowest BCUT2D eigenvalue weighted by molar-refractivity contribution is -0.259. The fraction of sp³-hybridized carbons (Fsp3) is 0.917. The predicted octanol–water partition coefficient (Wildman–Crippen LogP) is 0.00320. The second kappa shape index (κ2) is 18.8. The summed E-state index contributed by atoms with van der Waals surface area (Å²) in [6, 6.07) is 0. The maximum absolute atomic E-state index is 11.4. The molecule has 0 aromatic carbocycles. The van der Waals surface area contributed by atoms with Crippen molar-refractivity contribution in [1.29, 1.82) is 0 Å². The summed E-state index contributed by atoms with van der Waals surface area (Å²) in [5.74, 6) is -0.870. The fourth-order valence-corrected chi connectivity index (χ4v) is 4.10. The van der Waals surface area contributed by atoms with Gasteiger partial charge in [-0.2, -0.15) is 0 Å². The molecule has 1 heterocycles. The fourth-order valence-electron chi connectivity index (χ4n) is 4.10. The molecular weight excluding hydrogens is 496 g/mol. The Labute approximate surface area is 219 Å². The molecule has 0 saturated carbocycles. The van der Waals surface area contributed by atoms with Crippen LogP contribution in [0.3, 0.4) is 0 Å². The van der Waals surface area contributed by atoms with E-state index in [1.807, 2.05) is 0 Å². The SMILES string of the molecule is COCC(COCC1OC(COC(C)=O)C(OC)C(OC)C1OC)OC(COC(C)=O)C(COC)OC. The smallest absolute Gasteiger partial charge is 0.302 e. The third-order valence-electron chi connectivity index (χ3n) is 5.80. The molecule has 8 unspecified atom stereocenters. The Morgan fingerprint density at radius 2 is 1.24 bits per heavy atom. The molecule has 0 aliphatic carbocycles. The Hall–Kier alpha value is -1.42.